The number of carbonyl (C=O) groups is 2. The van der Waals surface area contributed by atoms with E-state index in [1.54, 1.807) is 13.8 Å². The molecular weight excluding hydrogens is 244 g/mol. The monoisotopic (exact) mass is 266 g/mol. The molecule has 0 aliphatic heterocycles. The third-order valence-electron chi connectivity index (χ3n) is 4.44. The molecule has 4 nitrogen and oxygen atoms in total. The Morgan fingerprint density at radius 3 is 2.26 bits per heavy atom. The van der Waals surface area contributed by atoms with Gasteiger partial charge >= 0.3 is 11.9 Å². The van der Waals surface area contributed by atoms with Gasteiger partial charge in [-0.3, -0.25) is 9.59 Å². The molecule has 4 heteroatoms. The molecule has 2 aliphatic carbocycles. The molecule has 2 rings (SSSR count). The largest absolute Gasteiger partial charge is 0.465 e. The van der Waals surface area contributed by atoms with Gasteiger partial charge in [-0.1, -0.05) is 12.2 Å². The van der Waals surface area contributed by atoms with Gasteiger partial charge in [0.05, 0.1) is 13.2 Å². The minimum absolute atomic E-state index is 0.272. The SMILES string of the molecule is C=C1CC[C@H]2CC(C(=O)OCC)(C(=O)OCC)C[C@H]12. The maximum atomic E-state index is 12.3. The molecule has 2 aliphatic rings. The Morgan fingerprint density at radius 1 is 1.21 bits per heavy atom. The summed E-state index contributed by atoms with van der Waals surface area (Å²) in [6, 6.07) is 0. The first-order valence-electron chi connectivity index (χ1n) is 7.07. The summed E-state index contributed by atoms with van der Waals surface area (Å²) in [5.74, 6) is -0.193. The zero-order valence-corrected chi connectivity index (χ0v) is 11.7. The van der Waals surface area contributed by atoms with Crippen molar-refractivity contribution in [2.75, 3.05) is 13.2 Å². The number of carbonyl (C=O) groups excluding carboxylic acids is 2. The van der Waals surface area contributed by atoms with Crippen LogP contribution in [0.4, 0.5) is 0 Å². The van der Waals surface area contributed by atoms with Crippen molar-refractivity contribution in [2.24, 2.45) is 17.3 Å². The van der Waals surface area contributed by atoms with Gasteiger partial charge in [-0.2, -0.15) is 0 Å². The van der Waals surface area contributed by atoms with Crippen molar-refractivity contribution in [2.45, 2.75) is 39.5 Å². The summed E-state index contributed by atoms with van der Waals surface area (Å²) in [4.78, 5) is 24.5. The predicted molar refractivity (Wildman–Crippen MR) is 70.3 cm³/mol. The van der Waals surface area contributed by atoms with Gasteiger partial charge < -0.3 is 9.47 Å². The summed E-state index contributed by atoms with van der Waals surface area (Å²) in [5, 5.41) is 0. The van der Waals surface area contributed by atoms with E-state index in [0.29, 0.717) is 18.8 Å². The van der Waals surface area contributed by atoms with Crippen LogP contribution in [0, 0.1) is 17.3 Å². The summed E-state index contributed by atoms with van der Waals surface area (Å²) in [7, 11) is 0. The lowest BCUT2D eigenvalue weighted by Gasteiger charge is -2.25. The number of allylic oxidation sites excluding steroid dienone is 1. The zero-order valence-electron chi connectivity index (χ0n) is 11.7. The van der Waals surface area contributed by atoms with Gasteiger partial charge in [0.1, 0.15) is 0 Å². The number of hydrogen-bond donors (Lipinski definition) is 0. The van der Waals surface area contributed by atoms with E-state index in [-0.39, 0.29) is 19.1 Å². The topological polar surface area (TPSA) is 52.6 Å². The van der Waals surface area contributed by atoms with Gasteiger partial charge in [-0.05, 0) is 51.4 Å². The Morgan fingerprint density at radius 2 is 1.79 bits per heavy atom. The van der Waals surface area contributed by atoms with E-state index in [2.05, 4.69) is 6.58 Å². The van der Waals surface area contributed by atoms with E-state index >= 15 is 0 Å². The van der Waals surface area contributed by atoms with Crippen molar-refractivity contribution < 1.29 is 19.1 Å². The van der Waals surface area contributed by atoms with Crippen LogP contribution < -0.4 is 0 Å². The molecule has 0 spiro atoms. The first-order valence-corrected chi connectivity index (χ1v) is 7.07. The minimum atomic E-state index is -1.09. The van der Waals surface area contributed by atoms with Crippen molar-refractivity contribution in [1.82, 2.24) is 0 Å². The highest BCUT2D eigenvalue weighted by atomic mass is 16.6. The van der Waals surface area contributed by atoms with Crippen LogP contribution >= 0.6 is 0 Å². The normalized spacial score (nSPS) is 28.0. The molecule has 2 atom stereocenters. The first-order chi connectivity index (χ1) is 9.05. The fourth-order valence-electron chi connectivity index (χ4n) is 3.51. The van der Waals surface area contributed by atoms with Crippen molar-refractivity contribution in [3.8, 4) is 0 Å². The zero-order chi connectivity index (χ0) is 14.0. The van der Waals surface area contributed by atoms with Crippen molar-refractivity contribution >= 4 is 11.9 Å². The molecule has 19 heavy (non-hydrogen) atoms. The quantitative estimate of drug-likeness (QED) is 0.445. The second kappa shape index (κ2) is 5.35. The highest BCUT2D eigenvalue weighted by Crippen LogP contribution is 2.55. The number of rotatable bonds is 4. The van der Waals surface area contributed by atoms with Crippen molar-refractivity contribution in [3.63, 3.8) is 0 Å². The van der Waals surface area contributed by atoms with E-state index in [0.717, 1.165) is 12.8 Å². The fraction of sp³-hybridized carbons (Fsp3) is 0.733. The molecular formula is C15H22O4. The molecule has 2 saturated carbocycles. The van der Waals surface area contributed by atoms with Crippen molar-refractivity contribution in [1.29, 1.82) is 0 Å². The van der Waals surface area contributed by atoms with Crippen molar-refractivity contribution in [3.05, 3.63) is 12.2 Å². The Kier molecular flexibility index (Phi) is 3.97. The van der Waals surface area contributed by atoms with Crippen LogP contribution in [-0.4, -0.2) is 25.2 Å². The van der Waals surface area contributed by atoms with Crippen LogP contribution in [-0.2, 0) is 19.1 Å². The fourth-order valence-corrected chi connectivity index (χ4v) is 3.51. The lowest BCUT2D eigenvalue weighted by Crippen LogP contribution is -2.40. The minimum Gasteiger partial charge on any atom is -0.465 e. The molecule has 0 aromatic heterocycles. The first kappa shape index (κ1) is 14.1. The molecule has 0 heterocycles. The molecule has 0 N–H and O–H groups in total. The smallest absolute Gasteiger partial charge is 0.323 e. The molecule has 0 aromatic carbocycles. The van der Waals surface area contributed by atoms with Gasteiger partial charge in [0.2, 0.25) is 0 Å². The van der Waals surface area contributed by atoms with Gasteiger partial charge in [0, 0.05) is 0 Å². The van der Waals surface area contributed by atoms with E-state index in [1.807, 2.05) is 0 Å². The molecule has 0 radical (unpaired) electrons. The molecule has 2 fully saturated rings. The maximum Gasteiger partial charge on any atom is 0.323 e. The Labute approximate surface area is 114 Å². The van der Waals surface area contributed by atoms with Crippen LogP contribution in [0.3, 0.4) is 0 Å². The standard InChI is InChI=1S/C15H22O4/c1-4-18-13(16)15(14(17)19-5-2)8-11-7-6-10(3)12(11)9-15/h11-12H,3-9H2,1-2H3/t11-,12+/m0/s1. The summed E-state index contributed by atoms with van der Waals surface area (Å²) < 4.78 is 10.3. The highest BCUT2D eigenvalue weighted by Gasteiger charge is 2.59. The Balaban J connectivity index is 2.24. The van der Waals surface area contributed by atoms with Gasteiger partial charge in [0.15, 0.2) is 5.41 Å². The molecule has 0 bridgehead atoms. The lowest BCUT2D eigenvalue weighted by molar-refractivity contribution is -0.172. The third-order valence-corrected chi connectivity index (χ3v) is 4.44. The summed E-state index contributed by atoms with van der Waals surface area (Å²) in [6.07, 6.45) is 3.09. The number of esters is 2. The van der Waals surface area contributed by atoms with Gasteiger partial charge in [-0.15, -0.1) is 0 Å². The van der Waals surface area contributed by atoms with E-state index in [1.165, 1.54) is 5.57 Å². The summed E-state index contributed by atoms with van der Waals surface area (Å²) >= 11 is 0. The van der Waals surface area contributed by atoms with Crippen LogP contribution in [0.1, 0.15) is 39.5 Å². The maximum absolute atomic E-state index is 12.3. The molecule has 0 saturated heterocycles. The van der Waals surface area contributed by atoms with Gasteiger partial charge in [0.25, 0.3) is 0 Å². The average Bonchev–Trinajstić information content (AvgIpc) is 2.91. The number of ether oxygens (including phenoxy) is 2. The van der Waals surface area contributed by atoms with Crippen LogP contribution in [0.5, 0.6) is 0 Å². The van der Waals surface area contributed by atoms with Crippen LogP contribution in [0.2, 0.25) is 0 Å². The highest BCUT2D eigenvalue weighted by molar-refractivity contribution is 6.00. The second-order valence-corrected chi connectivity index (χ2v) is 5.49. The van der Waals surface area contributed by atoms with E-state index < -0.39 is 17.4 Å². The average molecular weight is 266 g/mol. The van der Waals surface area contributed by atoms with E-state index in [9.17, 15) is 9.59 Å². The van der Waals surface area contributed by atoms with Crippen LogP contribution in [0.15, 0.2) is 12.2 Å². The van der Waals surface area contributed by atoms with E-state index in [4.69, 9.17) is 9.47 Å². The molecule has 0 amide bonds. The summed E-state index contributed by atoms with van der Waals surface area (Å²) in [5.41, 5.74) is 0.0746. The Bertz CT molecular complexity index is 381. The molecule has 106 valence electrons. The molecule has 0 unspecified atom stereocenters. The lowest BCUT2D eigenvalue weighted by atomic mass is 9.83. The summed E-state index contributed by atoms with van der Waals surface area (Å²) in [6.45, 7) is 8.16. The van der Waals surface area contributed by atoms with Crippen LogP contribution in [0.25, 0.3) is 0 Å². The molecule has 0 aromatic rings. The number of fused-ring (bicyclic) bond motifs is 1. The third kappa shape index (κ3) is 2.28. The second-order valence-electron chi connectivity index (χ2n) is 5.49. The van der Waals surface area contributed by atoms with Gasteiger partial charge in [-0.25, -0.2) is 0 Å². The predicted octanol–water partition coefficient (Wildman–Crippen LogP) is 2.48. The number of hydrogen-bond acceptors (Lipinski definition) is 4. The Hall–Kier alpha value is -1.32.